The van der Waals surface area contributed by atoms with Crippen molar-refractivity contribution in [2.75, 3.05) is 13.2 Å². The van der Waals surface area contributed by atoms with Gasteiger partial charge in [0.1, 0.15) is 18.2 Å². The van der Waals surface area contributed by atoms with Gasteiger partial charge in [-0.2, -0.15) is 0 Å². The number of carbonyl (C=O) groups is 1. The highest BCUT2D eigenvalue weighted by atomic mass is 35.5. The molecule has 1 heterocycles. The molecule has 32 heavy (non-hydrogen) atoms. The Bertz CT molecular complexity index is 1170. The van der Waals surface area contributed by atoms with E-state index in [0.29, 0.717) is 24.7 Å². The van der Waals surface area contributed by atoms with E-state index in [9.17, 15) is 4.79 Å². The number of rotatable bonds is 10. The van der Waals surface area contributed by atoms with E-state index in [0.717, 1.165) is 41.0 Å². The first-order chi connectivity index (χ1) is 15.7. The molecule has 4 aromatic rings. The second kappa shape index (κ2) is 10.8. The minimum atomic E-state index is -0.0251. The molecule has 6 heteroatoms. The van der Waals surface area contributed by atoms with Crippen molar-refractivity contribution < 1.29 is 9.53 Å². The third kappa shape index (κ3) is 5.68. The number of halogens is 1. The summed E-state index contributed by atoms with van der Waals surface area (Å²) in [5.41, 5.74) is 2.92. The Morgan fingerprint density at radius 2 is 1.72 bits per heavy atom. The quantitative estimate of drug-likeness (QED) is 0.346. The Morgan fingerprint density at radius 3 is 2.56 bits per heavy atom. The molecule has 0 radical (unpaired) electrons. The van der Waals surface area contributed by atoms with Gasteiger partial charge in [-0.25, -0.2) is 4.98 Å². The van der Waals surface area contributed by atoms with Crippen LogP contribution < -0.4 is 10.1 Å². The second-order valence-corrected chi connectivity index (χ2v) is 7.96. The number of imidazole rings is 1. The number of nitrogens with zero attached hydrogens (tertiary/aromatic N) is 2. The molecule has 0 aliphatic rings. The Labute approximate surface area is 193 Å². The molecule has 0 saturated heterocycles. The Balaban J connectivity index is 1.32. The van der Waals surface area contributed by atoms with E-state index < -0.39 is 0 Å². The molecule has 0 unspecified atom stereocenters. The van der Waals surface area contributed by atoms with Gasteiger partial charge in [0, 0.05) is 18.0 Å². The minimum Gasteiger partial charge on any atom is -0.492 e. The zero-order valence-electron chi connectivity index (χ0n) is 17.8. The van der Waals surface area contributed by atoms with Gasteiger partial charge >= 0.3 is 0 Å². The standard InChI is InChI=1S/C26H26ClN3O2/c27-22-12-5-4-9-20(22)19-26(31)28-16-8-15-25-29-23-13-6-7-14-24(23)30(25)17-18-32-21-10-2-1-3-11-21/h1-7,9-14H,8,15-19H2,(H,28,31). The smallest absolute Gasteiger partial charge is 0.224 e. The van der Waals surface area contributed by atoms with Crippen LogP contribution >= 0.6 is 11.6 Å². The fraction of sp³-hybridized carbons (Fsp3) is 0.231. The number of fused-ring (bicyclic) bond motifs is 1. The van der Waals surface area contributed by atoms with Crippen molar-refractivity contribution in [2.24, 2.45) is 0 Å². The fourth-order valence-corrected chi connectivity index (χ4v) is 3.89. The van der Waals surface area contributed by atoms with Crippen molar-refractivity contribution in [2.45, 2.75) is 25.8 Å². The summed E-state index contributed by atoms with van der Waals surface area (Å²) in [7, 11) is 0. The van der Waals surface area contributed by atoms with E-state index in [4.69, 9.17) is 21.3 Å². The molecule has 1 aromatic heterocycles. The predicted octanol–water partition coefficient (Wildman–Crippen LogP) is 5.06. The van der Waals surface area contributed by atoms with E-state index in [1.54, 1.807) is 6.07 Å². The molecule has 1 N–H and O–H groups in total. The Hall–Kier alpha value is -3.31. The Morgan fingerprint density at radius 1 is 0.969 bits per heavy atom. The van der Waals surface area contributed by atoms with E-state index in [1.807, 2.05) is 66.7 Å². The molecule has 0 spiro atoms. The first-order valence-corrected chi connectivity index (χ1v) is 11.2. The molecule has 3 aromatic carbocycles. The highest BCUT2D eigenvalue weighted by molar-refractivity contribution is 6.31. The molecule has 4 rings (SSSR count). The lowest BCUT2D eigenvalue weighted by atomic mass is 10.1. The van der Waals surface area contributed by atoms with Crippen LogP contribution in [0, 0.1) is 0 Å². The van der Waals surface area contributed by atoms with Crippen LogP contribution in [0.2, 0.25) is 5.02 Å². The van der Waals surface area contributed by atoms with Gasteiger partial charge in [-0.05, 0) is 42.3 Å². The van der Waals surface area contributed by atoms with Crippen LogP contribution in [0.15, 0.2) is 78.9 Å². The van der Waals surface area contributed by atoms with Crippen LogP contribution in [0.25, 0.3) is 11.0 Å². The van der Waals surface area contributed by atoms with Crippen molar-refractivity contribution in [1.29, 1.82) is 0 Å². The van der Waals surface area contributed by atoms with Crippen molar-refractivity contribution in [3.05, 3.63) is 95.3 Å². The molecule has 0 aliphatic carbocycles. The maximum Gasteiger partial charge on any atom is 0.224 e. The number of nitrogens with one attached hydrogen (secondary N) is 1. The predicted molar refractivity (Wildman–Crippen MR) is 128 cm³/mol. The number of ether oxygens (including phenoxy) is 1. The fourth-order valence-electron chi connectivity index (χ4n) is 3.69. The molecule has 164 valence electrons. The first-order valence-electron chi connectivity index (χ1n) is 10.8. The number of para-hydroxylation sites is 3. The highest BCUT2D eigenvalue weighted by Gasteiger charge is 2.11. The number of benzene rings is 3. The van der Waals surface area contributed by atoms with E-state index in [1.165, 1.54) is 0 Å². The van der Waals surface area contributed by atoms with Crippen LogP contribution in [0.3, 0.4) is 0 Å². The van der Waals surface area contributed by atoms with Gasteiger partial charge in [0.15, 0.2) is 0 Å². The lowest BCUT2D eigenvalue weighted by Gasteiger charge is -2.11. The van der Waals surface area contributed by atoms with Crippen LogP contribution in [0.1, 0.15) is 17.8 Å². The van der Waals surface area contributed by atoms with Gasteiger partial charge in [-0.15, -0.1) is 0 Å². The largest absolute Gasteiger partial charge is 0.492 e. The van der Waals surface area contributed by atoms with Crippen molar-refractivity contribution >= 4 is 28.5 Å². The van der Waals surface area contributed by atoms with Crippen molar-refractivity contribution in [3.63, 3.8) is 0 Å². The summed E-state index contributed by atoms with van der Waals surface area (Å²) < 4.78 is 8.10. The van der Waals surface area contributed by atoms with Gasteiger partial charge in [0.25, 0.3) is 0 Å². The maximum atomic E-state index is 12.3. The minimum absolute atomic E-state index is 0.0251. The number of hydrogen-bond acceptors (Lipinski definition) is 3. The number of aromatic nitrogens is 2. The lowest BCUT2D eigenvalue weighted by molar-refractivity contribution is -0.120. The third-order valence-electron chi connectivity index (χ3n) is 5.27. The molecule has 1 amide bonds. The van der Waals surface area contributed by atoms with Gasteiger partial charge < -0.3 is 14.6 Å². The molecule has 0 fully saturated rings. The van der Waals surface area contributed by atoms with Crippen LogP contribution in [0.5, 0.6) is 5.75 Å². The van der Waals surface area contributed by atoms with Gasteiger partial charge in [0.2, 0.25) is 5.91 Å². The van der Waals surface area contributed by atoms with Crippen LogP contribution in [0.4, 0.5) is 0 Å². The third-order valence-corrected chi connectivity index (χ3v) is 5.64. The number of hydrogen-bond donors (Lipinski definition) is 1. The zero-order valence-corrected chi connectivity index (χ0v) is 18.6. The summed E-state index contributed by atoms with van der Waals surface area (Å²) in [4.78, 5) is 17.1. The molecule has 0 saturated carbocycles. The second-order valence-electron chi connectivity index (χ2n) is 7.55. The van der Waals surface area contributed by atoms with E-state index in [-0.39, 0.29) is 12.3 Å². The zero-order chi connectivity index (χ0) is 22.2. The summed E-state index contributed by atoms with van der Waals surface area (Å²) in [5.74, 6) is 1.84. The summed E-state index contributed by atoms with van der Waals surface area (Å²) >= 11 is 6.15. The summed E-state index contributed by atoms with van der Waals surface area (Å²) in [6, 6.07) is 25.4. The summed E-state index contributed by atoms with van der Waals surface area (Å²) in [6.07, 6.45) is 1.86. The van der Waals surface area contributed by atoms with Crippen LogP contribution in [-0.4, -0.2) is 28.6 Å². The number of aryl methyl sites for hydroxylation is 1. The number of amides is 1. The van der Waals surface area contributed by atoms with E-state index in [2.05, 4.69) is 16.0 Å². The van der Waals surface area contributed by atoms with E-state index >= 15 is 0 Å². The van der Waals surface area contributed by atoms with Crippen molar-refractivity contribution in [3.8, 4) is 5.75 Å². The monoisotopic (exact) mass is 447 g/mol. The summed E-state index contributed by atoms with van der Waals surface area (Å²) in [5, 5.41) is 3.61. The van der Waals surface area contributed by atoms with Crippen molar-refractivity contribution in [1.82, 2.24) is 14.9 Å². The average Bonchev–Trinajstić information content (AvgIpc) is 3.16. The van der Waals surface area contributed by atoms with Gasteiger partial charge in [-0.3, -0.25) is 4.79 Å². The Kier molecular flexibility index (Phi) is 7.41. The molecule has 5 nitrogen and oxygen atoms in total. The molecular formula is C26H26ClN3O2. The topological polar surface area (TPSA) is 56.2 Å². The average molecular weight is 448 g/mol. The normalized spacial score (nSPS) is 10.9. The molecule has 0 atom stereocenters. The SMILES string of the molecule is O=C(Cc1ccccc1Cl)NCCCc1nc2ccccc2n1CCOc1ccccc1. The maximum absolute atomic E-state index is 12.3. The summed E-state index contributed by atoms with van der Waals surface area (Å²) in [6.45, 7) is 1.86. The lowest BCUT2D eigenvalue weighted by Crippen LogP contribution is -2.26. The molecular weight excluding hydrogens is 422 g/mol. The van der Waals surface area contributed by atoms with Crippen LogP contribution in [-0.2, 0) is 24.2 Å². The van der Waals surface area contributed by atoms with Gasteiger partial charge in [-0.1, -0.05) is 60.1 Å². The number of carbonyl (C=O) groups excluding carboxylic acids is 1. The highest BCUT2D eigenvalue weighted by Crippen LogP contribution is 2.18. The van der Waals surface area contributed by atoms with Gasteiger partial charge in [0.05, 0.1) is 24.0 Å². The molecule has 0 bridgehead atoms. The first kappa shape index (κ1) is 21.9. The molecule has 0 aliphatic heterocycles.